The number of rotatable bonds is 11. The molecule has 1 unspecified atom stereocenters. The van der Waals surface area contributed by atoms with Crippen molar-refractivity contribution in [3.05, 3.63) is 89.7 Å². The quantitative estimate of drug-likeness (QED) is 0.321. The summed E-state index contributed by atoms with van der Waals surface area (Å²) in [6.07, 6.45) is 9.57. The summed E-state index contributed by atoms with van der Waals surface area (Å²) >= 11 is 0. The molecular formula is C30H39N5O. The summed E-state index contributed by atoms with van der Waals surface area (Å²) in [6, 6.07) is 19.8. The number of hydrogen-bond acceptors (Lipinski definition) is 5. The number of aromatic nitrogens is 1. The number of likely N-dealkylation sites (tertiary alicyclic amines) is 1. The van der Waals surface area contributed by atoms with Gasteiger partial charge in [-0.3, -0.25) is 9.78 Å². The molecule has 1 aliphatic rings. The zero-order valence-electron chi connectivity index (χ0n) is 21.3. The van der Waals surface area contributed by atoms with Crippen molar-refractivity contribution >= 4 is 17.3 Å². The van der Waals surface area contributed by atoms with E-state index in [2.05, 4.69) is 45.6 Å². The van der Waals surface area contributed by atoms with Crippen molar-refractivity contribution in [2.75, 3.05) is 37.2 Å². The molecule has 1 atom stereocenters. The number of nitrogens with zero attached hydrogens (tertiary/aromatic N) is 2. The average Bonchev–Trinajstić information content (AvgIpc) is 2.92. The number of benzene rings is 2. The number of hydrogen-bond donors (Lipinski definition) is 3. The third kappa shape index (κ3) is 7.39. The molecule has 6 nitrogen and oxygen atoms in total. The van der Waals surface area contributed by atoms with Gasteiger partial charge in [0.25, 0.3) is 5.91 Å². The molecule has 1 saturated heterocycles. The van der Waals surface area contributed by atoms with E-state index in [0.29, 0.717) is 23.0 Å². The highest BCUT2D eigenvalue weighted by atomic mass is 16.1. The normalized spacial score (nSPS) is 15.5. The minimum absolute atomic E-state index is 0.137. The first-order valence-electron chi connectivity index (χ1n) is 13.2. The van der Waals surface area contributed by atoms with E-state index in [1.54, 1.807) is 6.07 Å². The number of pyridine rings is 1. The van der Waals surface area contributed by atoms with E-state index >= 15 is 0 Å². The second kappa shape index (κ2) is 13.2. The molecule has 1 amide bonds. The number of carbonyl (C=O) groups is 1. The van der Waals surface area contributed by atoms with Gasteiger partial charge >= 0.3 is 0 Å². The number of para-hydroxylation sites is 2. The highest BCUT2D eigenvalue weighted by Crippen LogP contribution is 2.21. The minimum atomic E-state index is -0.137. The Labute approximate surface area is 215 Å². The largest absolute Gasteiger partial charge is 0.397 e. The van der Waals surface area contributed by atoms with Gasteiger partial charge in [0.05, 0.1) is 11.4 Å². The van der Waals surface area contributed by atoms with Crippen LogP contribution < -0.4 is 16.4 Å². The Morgan fingerprint density at radius 3 is 2.56 bits per heavy atom. The summed E-state index contributed by atoms with van der Waals surface area (Å²) in [6.45, 7) is 6.80. The molecule has 1 aliphatic heterocycles. The van der Waals surface area contributed by atoms with Crippen LogP contribution in [-0.4, -0.2) is 42.0 Å². The first-order valence-corrected chi connectivity index (χ1v) is 13.2. The standard InChI is InChI=1S/C30H39N5O/c1-2-28(26-8-5-17-32-22-26)33-21-24-15-19-35(20-16-24)18-6-7-23-11-13-25(14-12-23)30(36)34-29-10-4-3-9-27(29)31/h3-5,8-14,17,22,24,28,33H,2,6-7,15-16,18-21,31H2,1H3,(H,34,36). The van der Waals surface area contributed by atoms with E-state index in [-0.39, 0.29) is 5.91 Å². The molecule has 0 bridgehead atoms. The Morgan fingerprint density at radius 2 is 1.86 bits per heavy atom. The summed E-state index contributed by atoms with van der Waals surface area (Å²) in [4.78, 5) is 19.4. The van der Waals surface area contributed by atoms with E-state index in [0.717, 1.165) is 38.3 Å². The van der Waals surface area contributed by atoms with E-state index in [4.69, 9.17) is 5.73 Å². The van der Waals surface area contributed by atoms with Crippen molar-refractivity contribution in [3.63, 3.8) is 0 Å². The molecule has 2 heterocycles. The lowest BCUT2D eigenvalue weighted by Crippen LogP contribution is -2.38. The first-order chi connectivity index (χ1) is 17.6. The number of nitrogen functional groups attached to an aromatic ring is 1. The summed E-state index contributed by atoms with van der Waals surface area (Å²) in [5, 5.41) is 6.65. The zero-order valence-corrected chi connectivity index (χ0v) is 21.3. The second-order valence-electron chi connectivity index (χ2n) is 9.78. The monoisotopic (exact) mass is 485 g/mol. The number of piperidine rings is 1. The van der Waals surface area contributed by atoms with Gasteiger partial charge in [-0.2, -0.15) is 0 Å². The molecule has 4 rings (SSSR count). The maximum absolute atomic E-state index is 12.5. The molecule has 0 radical (unpaired) electrons. The molecule has 6 heteroatoms. The highest BCUT2D eigenvalue weighted by molar-refractivity contribution is 6.05. The molecule has 0 saturated carbocycles. The summed E-state index contributed by atoms with van der Waals surface area (Å²) < 4.78 is 0. The van der Waals surface area contributed by atoms with Crippen molar-refractivity contribution in [1.29, 1.82) is 0 Å². The number of amides is 1. The van der Waals surface area contributed by atoms with Gasteiger partial charge in [-0.25, -0.2) is 0 Å². The third-order valence-electron chi connectivity index (χ3n) is 7.22. The number of nitrogens with one attached hydrogen (secondary N) is 2. The zero-order chi connectivity index (χ0) is 25.2. The van der Waals surface area contributed by atoms with Gasteiger partial charge < -0.3 is 21.3 Å². The van der Waals surface area contributed by atoms with E-state index in [1.165, 1.54) is 37.1 Å². The van der Waals surface area contributed by atoms with Crippen molar-refractivity contribution < 1.29 is 4.79 Å². The number of carbonyl (C=O) groups excluding carboxylic acids is 1. The lowest BCUT2D eigenvalue weighted by atomic mass is 9.95. The van der Waals surface area contributed by atoms with Crippen LogP contribution in [0.2, 0.25) is 0 Å². The fourth-order valence-corrected chi connectivity index (χ4v) is 4.94. The van der Waals surface area contributed by atoms with Crippen LogP contribution in [-0.2, 0) is 6.42 Å². The smallest absolute Gasteiger partial charge is 0.255 e. The van der Waals surface area contributed by atoms with Crippen molar-refractivity contribution in [2.24, 2.45) is 5.92 Å². The Hall–Kier alpha value is -3.22. The second-order valence-corrected chi connectivity index (χ2v) is 9.78. The molecule has 1 aromatic heterocycles. The topological polar surface area (TPSA) is 83.3 Å². The molecule has 1 fully saturated rings. The minimum Gasteiger partial charge on any atom is -0.397 e. The first kappa shape index (κ1) is 25.9. The van der Waals surface area contributed by atoms with Gasteiger partial charge in [-0.05, 0) is 106 Å². The molecule has 190 valence electrons. The highest BCUT2D eigenvalue weighted by Gasteiger charge is 2.20. The fourth-order valence-electron chi connectivity index (χ4n) is 4.94. The lowest BCUT2D eigenvalue weighted by molar-refractivity contribution is 0.102. The summed E-state index contributed by atoms with van der Waals surface area (Å²) in [5.74, 6) is 0.611. The van der Waals surface area contributed by atoms with Crippen LogP contribution in [0.1, 0.15) is 60.1 Å². The molecular weight excluding hydrogens is 446 g/mol. The summed E-state index contributed by atoms with van der Waals surface area (Å²) in [7, 11) is 0. The maximum atomic E-state index is 12.5. The summed E-state index contributed by atoms with van der Waals surface area (Å²) in [5.41, 5.74) is 10.3. The fraction of sp³-hybridized carbons (Fsp3) is 0.400. The third-order valence-corrected chi connectivity index (χ3v) is 7.22. The Balaban J connectivity index is 1.14. The van der Waals surface area contributed by atoms with Gasteiger partial charge in [-0.1, -0.05) is 37.3 Å². The van der Waals surface area contributed by atoms with Gasteiger partial charge in [0, 0.05) is 24.0 Å². The number of aryl methyl sites for hydroxylation is 1. The van der Waals surface area contributed by atoms with Gasteiger partial charge in [-0.15, -0.1) is 0 Å². The van der Waals surface area contributed by atoms with Crippen molar-refractivity contribution in [1.82, 2.24) is 15.2 Å². The van der Waals surface area contributed by atoms with Crippen LogP contribution in [0.25, 0.3) is 0 Å². The van der Waals surface area contributed by atoms with E-state index < -0.39 is 0 Å². The van der Waals surface area contributed by atoms with E-state index in [9.17, 15) is 4.79 Å². The SMILES string of the molecule is CCC(NCC1CCN(CCCc2ccc(C(=O)Nc3ccccc3N)cc2)CC1)c1cccnc1. The molecule has 0 spiro atoms. The predicted molar refractivity (Wildman–Crippen MR) is 148 cm³/mol. The van der Waals surface area contributed by atoms with Crippen LogP contribution in [0.15, 0.2) is 73.1 Å². The Bertz CT molecular complexity index is 1080. The van der Waals surface area contributed by atoms with Crippen molar-refractivity contribution in [2.45, 2.75) is 45.1 Å². The van der Waals surface area contributed by atoms with Crippen LogP contribution in [0.5, 0.6) is 0 Å². The van der Waals surface area contributed by atoms with Crippen LogP contribution in [0.4, 0.5) is 11.4 Å². The average molecular weight is 486 g/mol. The molecule has 3 aromatic rings. The Morgan fingerprint density at radius 1 is 1.08 bits per heavy atom. The van der Waals surface area contributed by atoms with Crippen LogP contribution in [0, 0.1) is 5.92 Å². The molecule has 36 heavy (non-hydrogen) atoms. The lowest BCUT2D eigenvalue weighted by Gasteiger charge is -2.33. The maximum Gasteiger partial charge on any atom is 0.255 e. The van der Waals surface area contributed by atoms with Crippen LogP contribution in [0.3, 0.4) is 0 Å². The molecule has 0 aliphatic carbocycles. The van der Waals surface area contributed by atoms with Gasteiger partial charge in [0.1, 0.15) is 0 Å². The number of nitrogens with two attached hydrogens (primary N) is 1. The molecule has 2 aromatic carbocycles. The predicted octanol–water partition coefficient (Wildman–Crippen LogP) is 5.30. The number of anilines is 2. The molecule has 4 N–H and O–H groups in total. The van der Waals surface area contributed by atoms with Gasteiger partial charge in [0.2, 0.25) is 0 Å². The van der Waals surface area contributed by atoms with Crippen molar-refractivity contribution in [3.8, 4) is 0 Å². The van der Waals surface area contributed by atoms with Crippen LogP contribution >= 0.6 is 0 Å². The van der Waals surface area contributed by atoms with Gasteiger partial charge in [0.15, 0.2) is 0 Å². The Kier molecular flexibility index (Phi) is 9.47. The van der Waals surface area contributed by atoms with E-state index in [1.807, 2.05) is 48.8 Å².